The van der Waals surface area contributed by atoms with Crippen molar-refractivity contribution in [3.8, 4) is 0 Å². The number of benzene rings is 2. The molecule has 0 aliphatic heterocycles. The van der Waals surface area contributed by atoms with Gasteiger partial charge in [0.05, 0.1) is 6.10 Å². The van der Waals surface area contributed by atoms with Gasteiger partial charge < -0.3 is 10.0 Å². The van der Waals surface area contributed by atoms with Gasteiger partial charge in [-0.1, -0.05) is 51.8 Å². The maximum atomic E-state index is 10.2. The van der Waals surface area contributed by atoms with Gasteiger partial charge in [0.1, 0.15) is 0 Å². The van der Waals surface area contributed by atoms with Gasteiger partial charge in [-0.25, -0.2) is 0 Å². The Morgan fingerprint density at radius 3 is 2.57 bits per heavy atom. The van der Waals surface area contributed by atoms with Crippen LogP contribution in [-0.2, 0) is 6.54 Å². The van der Waals surface area contributed by atoms with Crippen molar-refractivity contribution in [3.05, 3.63) is 69.2 Å². The van der Waals surface area contributed by atoms with Crippen LogP contribution in [0.1, 0.15) is 23.7 Å². The standard InChI is InChI=1S/C17H19BrClNO/c1-20(12-13-3-2-4-15(18)11-13)10-9-17(21)14-5-7-16(19)8-6-14/h2-8,11,17,21H,9-10,12H2,1H3. The Kier molecular flexibility index (Phi) is 6.24. The average molecular weight is 369 g/mol. The molecule has 0 saturated carbocycles. The van der Waals surface area contributed by atoms with E-state index in [0.717, 1.165) is 23.1 Å². The molecule has 0 heterocycles. The number of aliphatic hydroxyl groups is 1. The Balaban J connectivity index is 1.83. The summed E-state index contributed by atoms with van der Waals surface area (Å²) in [6.07, 6.45) is 0.249. The van der Waals surface area contributed by atoms with Crippen molar-refractivity contribution in [2.24, 2.45) is 0 Å². The lowest BCUT2D eigenvalue weighted by molar-refractivity contribution is 0.147. The molecule has 0 amide bonds. The van der Waals surface area contributed by atoms with Crippen molar-refractivity contribution in [2.45, 2.75) is 19.1 Å². The van der Waals surface area contributed by atoms with Crippen LogP contribution in [0.2, 0.25) is 5.02 Å². The molecule has 2 nitrogen and oxygen atoms in total. The Bertz CT molecular complexity index is 573. The minimum absolute atomic E-state index is 0.452. The summed E-state index contributed by atoms with van der Waals surface area (Å²) in [5.41, 5.74) is 2.17. The smallest absolute Gasteiger partial charge is 0.0802 e. The molecule has 21 heavy (non-hydrogen) atoms. The van der Waals surface area contributed by atoms with Crippen LogP contribution in [-0.4, -0.2) is 23.6 Å². The van der Waals surface area contributed by atoms with Gasteiger partial charge in [-0.3, -0.25) is 0 Å². The highest BCUT2D eigenvalue weighted by Gasteiger charge is 2.09. The highest BCUT2D eigenvalue weighted by Crippen LogP contribution is 2.20. The molecule has 0 aromatic heterocycles. The molecule has 0 radical (unpaired) electrons. The third kappa shape index (κ3) is 5.44. The summed E-state index contributed by atoms with van der Waals surface area (Å²) in [6, 6.07) is 15.7. The van der Waals surface area contributed by atoms with E-state index in [1.165, 1.54) is 5.56 Å². The molecule has 112 valence electrons. The lowest BCUT2D eigenvalue weighted by atomic mass is 10.1. The Morgan fingerprint density at radius 1 is 1.19 bits per heavy atom. The van der Waals surface area contributed by atoms with Crippen LogP contribution in [0, 0.1) is 0 Å². The van der Waals surface area contributed by atoms with Crippen molar-refractivity contribution in [2.75, 3.05) is 13.6 Å². The Morgan fingerprint density at radius 2 is 1.90 bits per heavy atom. The van der Waals surface area contributed by atoms with Gasteiger partial charge in [0.2, 0.25) is 0 Å². The van der Waals surface area contributed by atoms with Crippen LogP contribution >= 0.6 is 27.5 Å². The second-order valence-electron chi connectivity index (χ2n) is 5.22. The minimum atomic E-state index is -0.452. The van der Waals surface area contributed by atoms with Crippen LogP contribution in [0.4, 0.5) is 0 Å². The predicted octanol–water partition coefficient (Wildman–Crippen LogP) is 4.66. The van der Waals surface area contributed by atoms with Crippen LogP contribution < -0.4 is 0 Å². The summed E-state index contributed by atoms with van der Waals surface area (Å²) >= 11 is 9.33. The predicted molar refractivity (Wildman–Crippen MR) is 91.5 cm³/mol. The molecule has 0 saturated heterocycles. The van der Waals surface area contributed by atoms with Gasteiger partial charge in [0.25, 0.3) is 0 Å². The molecule has 0 spiro atoms. The monoisotopic (exact) mass is 367 g/mol. The van der Waals surface area contributed by atoms with Gasteiger partial charge in [0.15, 0.2) is 0 Å². The second-order valence-corrected chi connectivity index (χ2v) is 6.58. The molecular formula is C17H19BrClNO. The number of hydrogen-bond acceptors (Lipinski definition) is 2. The topological polar surface area (TPSA) is 23.5 Å². The van der Waals surface area contributed by atoms with Crippen molar-refractivity contribution in [3.63, 3.8) is 0 Å². The van der Waals surface area contributed by atoms with Crippen LogP contribution in [0.15, 0.2) is 53.0 Å². The first-order chi connectivity index (χ1) is 10.0. The maximum Gasteiger partial charge on any atom is 0.0802 e. The second kappa shape index (κ2) is 7.95. The van der Waals surface area contributed by atoms with Gasteiger partial charge in [-0.2, -0.15) is 0 Å². The van der Waals surface area contributed by atoms with E-state index in [-0.39, 0.29) is 0 Å². The maximum absolute atomic E-state index is 10.2. The van der Waals surface area contributed by atoms with E-state index in [9.17, 15) is 5.11 Å². The number of hydrogen-bond donors (Lipinski definition) is 1. The molecule has 1 N–H and O–H groups in total. The SMILES string of the molecule is CN(CCC(O)c1ccc(Cl)cc1)Cc1cccc(Br)c1. The summed E-state index contributed by atoms with van der Waals surface area (Å²) < 4.78 is 1.09. The van der Waals surface area contributed by atoms with Gasteiger partial charge in [0, 0.05) is 22.6 Å². The van der Waals surface area contributed by atoms with E-state index in [4.69, 9.17) is 11.6 Å². The van der Waals surface area contributed by atoms with E-state index in [1.807, 2.05) is 36.4 Å². The van der Waals surface area contributed by atoms with E-state index in [1.54, 1.807) is 0 Å². The van der Waals surface area contributed by atoms with E-state index in [0.29, 0.717) is 11.4 Å². The molecule has 4 heteroatoms. The highest BCUT2D eigenvalue weighted by atomic mass is 79.9. The van der Waals surface area contributed by atoms with Gasteiger partial charge in [-0.05, 0) is 48.9 Å². The molecule has 2 rings (SSSR count). The van der Waals surface area contributed by atoms with Crippen LogP contribution in [0.5, 0.6) is 0 Å². The molecule has 0 fully saturated rings. The first-order valence-electron chi connectivity index (χ1n) is 6.91. The third-order valence-corrected chi connectivity index (χ3v) is 4.13. The van der Waals surface area contributed by atoms with Crippen molar-refractivity contribution >= 4 is 27.5 Å². The van der Waals surface area contributed by atoms with E-state index >= 15 is 0 Å². The number of halogens is 2. The van der Waals surface area contributed by atoms with Crippen LogP contribution in [0.3, 0.4) is 0 Å². The van der Waals surface area contributed by atoms with Gasteiger partial charge in [-0.15, -0.1) is 0 Å². The summed E-state index contributed by atoms with van der Waals surface area (Å²) in [6.45, 7) is 1.70. The fraction of sp³-hybridized carbons (Fsp3) is 0.294. The molecular weight excluding hydrogens is 350 g/mol. The molecule has 2 aromatic carbocycles. The first-order valence-corrected chi connectivity index (χ1v) is 8.08. The summed E-state index contributed by atoms with van der Waals surface area (Å²) in [4.78, 5) is 2.21. The normalized spacial score (nSPS) is 12.6. The molecule has 1 unspecified atom stereocenters. The van der Waals surface area contributed by atoms with Gasteiger partial charge >= 0.3 is 0 Å². The Hall–Kier alpha value is -0.870. The zero-order valence-electron chi connectivity index (χ0n) is 12.0. The van der Waals surface area contributed by atoms with Crippen molar-refractivity contribution in [1.29, 1.82) is 0 Å². The molecule has 0 aliphatic rings. The van der Waals surface area contributed by atoms with Crippen molar-refractivity contribution in [1.82, 2.24) is 4.90 Å². The van der Waals surface area contributed by atoms with Crippen molar-refractivity contribution < 1.29 is 5.11 Å². The fourth-order valence-corrected chi connectivity index (χ4v) is 2.79. The number of aliphatic hydroxyl groups excluding tert-OH is 1. The average Bonchev–Trinajstić information content (AvgIpc) is 2.45. The number of nitrogens with zero attached hydrogens (tertiary/aromatic N) is 1. The molecule has 0 bridgehead atoms. The first kappa shape index (κ1) is 16.5. The number of rotatable bonds is 6. The highest BCUT2D eigenvalue weighted by molar-refractivity contribution is 9.10. The molecule has 2 aromatic rings. The van der Waals surface area contributed by atoms with E-state index < -0.39 is 6.10 Å². The summed E-state index contributed by atoms with van der Waals surface area (Å²) in [5, 5.41) is 10.9. The lowest BCUT2D eigenvalue weighted by Gasteiger charge is -2.19. The quantitative estimate of drug-likeness (QED) is 0.801. The zero-order valence-corrected chi connectivity index (χ0v) is 14.3. The third-order valence-electron chi connectivity index (χ3n) is 3.38. The summed E-state index contributed by atoms with van der Waals surface area (Å²) in [7, 11) is 2.06. The molecule has 0 aliphatic carbocycles. The lowest BCUT2D eigenvalue weighted by Crippen LogP contribution is -2.20. The van der Waals surface area contributed by atoms with E-state index in [2.05, 4.69) is 40.0 Å². The minimum Gasteiger partial charge on any atom is -0.388 e. The fourth-order valence-electron chi connectivity index (χ4n) is 2.22. The molecule has 1 atom stereocenters. The Labute approximate surface area is 139 Å². The largest absolute Gasteiger partial charge is 0.388 e. The van der Waals surface area contributed by atoms with Crippen LogP contribution in [0.25, 0.3) is 0 Å². The zero-order chi connectivity index (χ0) is 15.2. The summed E-state index contributed by atoms with van der Waals surface area (Å²) in [5.74, 6) is 0.